The molecule has 1 aromatic rings. The second kappa shape index (κ2) is 6.15. The largest absolute Gasteiger partial charge is 0.396 e. The number of amides is 1. The smallest absolute Gasteiger partial charge is 0.288 e. The van der Waals surface area contributed by atoms with Gasteiger partial charge in [-0.3, -0.25) is 14.9 Å². The van der Waals surface area contributed by atoms with Gasteiger partial charge in [0.15, 0.2) is 0 Å². The lowest BCUT2D eigenvalue weighted by atomic mass is 9.98. The highest BCUT2D eigenvalue weighted by molar-refractivity contribution is 6.32. The second-order valence-electron chi connectivity index (χ2n) is 4.73. The van der Waals surface area contributed by atoms with Crippen LogP contribution in [0, 0.1) is 16.0 Å². The number of rotatable bonds is 3. The minimum Gasteiger partial charge on any atom is -0.396 e. The average Bonchev–Trinajstić information content (AvgIpc) is 2.46. The molecule has 0 radical (unpaired) electrons. The van der Waals surface area contributed by atoms with Crippen molar-refractivity contribution in [3.05, 3.63) is 33.1 Å². The molecule has 1 unspecified atom stereocenters. The Kier molecular flexibility index (Phi) is 4.51. The standard InChI is InChI=1S/C12H14ClN3O4/c13-11-10(4-9(5-14-11)16(19)20)12(18)15-3-1-2-8(6-15)7-17/h4-5,8,17H,1-3,6-7H2. The highest BCUT2D eigenvalue weighted by Crippen LogP contribution is 2.23. The Bertz CT molecular complexity index is 537. The lowest BCUT2D eigenvalue weighted by molar-refractivity contribution is -0.385. The number of hydrogen-bond acceptors (Lipinski definition) is 5. The van der Waals surface area contributed by atoms with Crippen molar-refractivity contribution < 1.29 is 14.8 Å². The van der Waals surface area contributed by atoms with E-state index in [1.54, 1.807) is 4.90 Å². The van der Waals surface area contributed by atoms with Crippen molar-refractivity contribution >= 4 is 23.2 Å². The summed E-state index contributed by atoms with van der Waals surface area (Å²) in [6.07, 6.45) is 2.67. The third-order valence-electron chi connectivity index (χ3n) is 3.33. The zero-order valence-corrected chi connectivity index (χ0v) is 11.4. The molecule has 2 heterocycles. The molecule has 0 bridgehead atoms. The van der Waals surface area contributed by atoms with Gasteiger partial charge in [0.25, 0.3) is 11.6 Å². The summed E-state index contributed by atoms with van der Waals surface area (Å²) in [6.45, 7) is 0.993. The molecule has 0 saturated carbocycles. The molecular formula is C12H14ClN3O4. The molecule has 0 aromatic carbocycles. The summed E-state index contributed by atoms with van der Waals surface area (Å²) in [4.78, 5) is 27.7. The van der Waals surface area contributed by atoms with Crippen molar-refractivity contribution in [1.82, 2.24) is 9.88 Å². The summed E-state index contributed by atoms with van der Waals surface area (Å²) in [7, 11) is 0. The number of halogens is 1. The highest BCUT2D eigenvalue weighted by atomic mass is 35.5. The van der Waals surface area contributed by atoms with Gasteiger partial charge in [0.1, 0.15) is 11.3 Å². The first-order chi connectivity index (χ1) is 9.52. The van der Waals surface area contributed by atoms with E-state index in [4.69, 9.17) is 16.7 Å². The molecule has 7 nitrogen and oxygen atoms in total. The minimum absolute atomic E-state index is 0.0186. The zero-order chi connectivity index (χ0) is 14.7. The van der Waals surface area contributed by atoms with Crippen molar-refractivity contribution in [2.45, 2.75) is 12.8 Å². The van der Waals surface area contributed by atoms with Gasteiger partial charge >= 0.3 is 0 Å². The Morgan fingerprint density at radius 2 is 2.40 bits per heavy atom. The Labute approximate surface area is 120 Å². The van der Waals surface area contributed by atoms with Crippen molar-refractivity contribution in [1.29, 1.82) is 0 Å². The van der Waals surface area contributed by atoms with E-state index in [1.165, 1.54) is 0 Å². The van der Waals surface area contributed by atoms with Crippen LogP contribution in [0.25, 0.3) is 0 Å². The number of carbonyl (C=O) groups is 1. The maximum Gasteiger partial charge on any atom is 0.288 e. The van der Waals surface area contributed by atoms with Gasteiger partial charge in [-0.25, -0.2) is 4.98 Å². The monoisotopic (exact) mass is 299 g/mol. The molecule has 1 amide bonds. The van der Waals surface area contributed by atoms with E-state index in [9.17, 15) is 14.9 Å². The van der Waals surface area contributed by atoms with Crippen molar-refractivity contribution in [2.24, 2.45) is 5.92 Å². The summed E-state index contributed by atoms with van der Waals surface area (Å²) < 4.78 is 0. The number of aromatic nitrogens is 1. The van der Waals surface area contributed by atoms with Gasteiger partial charge < -0.3 is 10.0 Å². The Morgan fingerprint density at radius 3 is 3.05 bits per heavy atom. The van der Waals surface area contributed by atoms with Crippen LogP contribution in [0.1, 0.15) is 23.2 Å². The summed E-state index contributed by atoms with van der Waals surface area (Å²) in [5.41, 5.74) is -0.243. The Hall–Kier alpha value is -1.73. The van der Waals surface area contributed by atoms with Gasteiger partial charge in [0, 0.05) is 25.8 Å². The van der Waals surface area contributed by atoms with Crippen LogP contribution in [-0.2, 0) is 0 Å². The molecule has 1 aliphatic rings. The molecule has 0 spiro atoms. The first kappa shape index (κ1) is 14.7. The number of hydrogen-bond donors (Lipinski definition) is 1. The number of nitro groups is 1. The minimum atomic E-state index is -0.618. The SMILES string of the molecule is O=C(c1cc([N+](=O)[O-])cnc1Cl)N1CCCC(CO)C1. The maximum absolute atomic E-state index is 12.4. The molecule has 1 fully saturated rings. The van der Waals surface area contributed by atoms with Crippen LogP contribution in [0.3, 0.4) is 0 Å². The molecule has 20 heavy (non-hydrogen) atoms. The van der Waals surface area contributed by atoms with Gasteiger partial charge in [-0.05, 0) is 18.8 Å². The van der Waals surface area contributed by atoms with E-state index >= 15 is 0 Å². The third-order valence-corrected chi connectivity index (χ3v) is 3.63. The van der Waals surface area contributed by atoms with Gasteiger partial charge in [-0.2, -0.15) is 0 Å². The predicted molar refractivity (Wildman–Crippen MR) is 71.6 cm³/mol. The van der Waals surface area contributed by atoms with Crippen LogP contribution in [0.15, 0.2) is 12.3 Å². The molecule has 2 rings (SSSR count). The fourth-order valence-corrected chi connectivity index (χ4v) is 2.44. The number of pyridine rings is 1. The molecule has 108 valence electrons. The fraction of sp³-hybridized carbons (Fsp3) is 0.500. The number of aliphatic hydroxyl groups is 1. The zero-order valence-electron chi connectivity index (χ0n) is 10.7. The van der Waals surface area contributed by atoms with Crippen LogP contribution in [0.2, 0.25) is 5.15 Å². The first-order valence-electron chi connectivity index (χ1n) is 6.23. The first-order valence-corrected chi connectivity index (χ1v) is 6.60. The summed E-state index contributed by atoms with van der Waals surface area (Å²) in [5, 5.41) is 19.8. The number of aliphatic hydroxyl groups excluding tert-OH is 1. The van der Waals surface area contributed by atoms with Crippen LogP contribution in [-0.4, -0.2) is 45.5 Å². The summed E-state index contributed by atoms with van der Waals surface area (Å²) in [5.74, 6) is -0.345. The fourth-order valence-electron chi connectivity index (χ4n) is 2.26. The highest BCUT2D eigenvalue weighted by Gasteiger charge is 2.27. The molecule has 1 N–H and O–H groups in total. The van der Waals surface area contributed by atoms with E-state index in [1.807, 2.05) is 0 Å². The number of nitrogens with zero attached hydrogens (tertiary/aromatic N) is 3. The molecule has 1 aliphatic heterocycles. The molecular weight excluding hydrogens is 286 g/mol. The van der Waals surface area contributed by atoms with Crippen LogP contribution in [0.5, 0.6) is 0 Å². The number of carbonyl (C=O) groups excluding carboxylic acids is 1. The van der Waals surface area contributed by atoms with Crippen LogP contribution < -0.4 is 0 Å². The van der Waals surface area contributed by atoms with E-state index in [0.717, 1.165) is 25.1 Å². The normalized spacial score (nSPS) is 18.9. The predicted octanol–water partition coefficient (Wildman–Crippen LogP) is 1.49. The van der Waals surface area contributed by atoms with Crippen molar-refractivity contribution in [2.75, 3.05) is 19.7 Å². The quantitative estimate of drug-likeness (QED) is 0.518. The average molecular weight is 300 g/mol. The lowest BCUT2D eigenvalue weighted by Gasteiger charge is -2.31. The number of piperidine rings is 1. The molecule has 1 saturated heterocycles. The molecule has 0 aliphatic carbocycles. The van der Waals surface area contributed by atoms with Gasteiger partial charge in [-0.1, -0.05) is 11.6 Å². The van der Waals surface area contributed by atoms with Gasteiger partial charge in [-0.15, -0.1) is 0 Å². The van der Waals surface area contributed by atoms with E-state index in [0.29, 0.717) is 13.1 Å². The van der Waals surface area contributed by atoms with Crippen molar-refractivity contribution in [3.63, 3.8) is 0 Å². The third kappa shape index (κ3) is 3.05. The van der Waals surface area contributed by atoms with E-state index in [2.05, 4.69) is 4.98 Å². The van der Waals surface area contributed by atoms with Crippen LogP contribution in [0.4, 0.5) is 5.69 Å². The summed E-state index contributed by atoms with van der Waals surface area (Å²) in [6, 6.07) is 1.14. The summed E-state index contributed by atoms with van der Waals surface area (Å²) >= 11 is 5.85. The second-order valence-corrected chi connectivity index (χ2v) is 5.09. The topological polar surface area (TPSA) is 96.6 Å². The van der Waals surface area contributed by atoms with Crippen LogP contribution >= 0.6 is 11.6 Å². The lowest BCUT2D eigenvalue weighted by Crippen LogP contribution is -2.41. The van der Waals surface area contributed by atoms with Crippen molar-refractivity contribution in [3.8, 4) is 0 Å². The maximum atomic E-state index is 12.4. The molecule has 1 atom stereocenters. The molecule has 8 heteroatoms. The Balaban J connectivity index is 2.24. The van der Waals surface area contributed by atoms with Gasteiger partial charge in [0.05, 0.1) is 10.5 Å². The van der Waals surface area contributed by atoms with E-state index < -0.39 is 4.92 Å². The number of likely N-dealkylation sites (tertiary alicyclic amines) is 1. The Morgan fingerprint density at radius 1 is 1.65 bits per heavy atom. The van der Waals surface area contributed by atoms with Gasteiger partial charge in [0.2, 0.25) is 0 Å². The molecule has 1 aromatic heterocycles. The van der Waals surface area contributed by atoms with E-state index in [-0.39, 0.29) is 34.8 Å².